The van der Waals surface area contributed by atoms with Gasteiger partial charge in [-0.05, 0) is 35.4 Å². The van der Waals surface area contributed by atoms with Crippen LogP contribution in [0.2, 0.25) is 0 Å². The van der Waals surface area contributed by atoms with E-state index in [-0.39, 0.29) is 11.7 Å². The van der Waals surface area contributed by atoms with E-state index in [1.54, 1.807) is 53.5 Å². The monoisotopic (exact) mass is 401 g/mol. The molecule has 1 N–H and O–H groups in total. The van der Waals surface area contributed by atoms with E-state index in [4.69, 9.17) is 4.74 Å². The van der Waals surface area contributed by atoms with Crippen LogP contribution in [-0.4, -0.2) is 15.7 Å². The molecule has 1 aromatic heterocycles. The number of halogens is 1. The zero-order chi connectivity index (χ0) is 20.8. The van der Waals surface area contributed by atoms with E-state index in [1.807, 2.05) is 30.3 Å². The molecule has 1 amide bonds. The standard InChI is InChI=1S/C24H20FN3O2/c25-21-11-9-19(10-12-21)17-30-23-8-4-7-22(13-23)27-24(29)20-14-26-28(16-20)15-18-5-2-1-3-6-18/h1-14,16H,15,17H2,(H,27,29). The van der Waals surface area contributed by atoms with Gasteiger partial charge in [-0.15, -0.1) is 0 Å². The Morgan fingerprint density at radius 3 is 2.57 bits per heavy atom. The van der Waals surface area contributed by atoms with Crippen molar-refractivity contribution in [2.75, 3.05) is 5.32 Å². The quantitative estimate of drug-likeness (QED) is 0.479. The van der Waals surface area contributed by atoms with Crippen LogP contribution in [0.1, 0.15) is 21.5 Å². The van der Waals surface area contributed by atoms with E-state index in [2.05, 4.69) is 10.4 Å². The van der Waals surface area contributed by atoms with Crippen LogP contribution in [0.15, 0.2) is 91.3 Å². The zero-order valence-electron chi connectivity index (χ0n) is 16.2. The fourth-order valence-electron chi connectivity index (χ4n) is 2.95. The third kappa shape index (κ3) is 5.11. The lowest BCUT2D eigenvalue weighted by Gasteiger charge is -2.09. The van der Waals surface area contributed by atoms with Crippen LogP contribution in [0.5, 0.6) is 5.75 Å². The molecule has 0 spiro atoms. The van der Waals surface area contributed by atoms with Crippen molar-refractivity contribution in [3.05, 3.63) is 114 Å². The highest BCUT2D eigenvalue weighted by molar-refractivity contribution is 6.04. The maximum atomic E-state index is 13.0. The van der Waals surface area contributed by atoms with Crippen LogP contribution < -0.4 is 10.1 Å². The van der Waals surface area contributed by atoms with Crippen LogP contribution in [0.3, 0.4) is 0 Å². The second-order valence-electron chi connectivity index (χ2n) is 6.81. The molecule has 0 bridgehead atoms. The molecule has 6 heteroatoms. The maximum Gasteiger partial charge on any atom is 0.258 e. The lowest BCUT2D eigenvalue weighted by atomic mass is 10.2. The van der Waals surface area contributed by atoms with E-state index in [0.717, 1.165) is 11.1 Å². The Morgan fingerprint density at radius 1 is 0.967 bits per heavy atom. The summed E-state index contributed by atoms with van der Waals surface area (Å²) in [4.78, 5) is 12.6. The minimum atomic E-state index is -0.282. The largest absolute Gasteiger partial charge is 0.489 e. The molecule has 0 atom stereocenters. The first-order valence-corrected chi connectivity index (χ1v) is 9.51. The van der Waals surface area contributed by atoms with Gasteiger partial charge in [-0.1, -0.05) is 48.5 Å². The average molecular weight is 401 g/mol. The average Bonchev–Trinajstić information content (AvgIpc) is 3.23. The predicted molar refractivity (Wildman–Crippen MR) is 113 cm³/mol. The molecule has 0 aliphatic heterocycles. The van der Waals surface area contributed by atoms with Gasteiger partial charge in [0.05, 0.1) is 18.3 Å². The van der Waals surface area contributed by atoms with Gasteiger partial charge in [-0.25, -0.2) is 4.39 Å². The molecule has 0 unspecified atom stereocenters. The van der Waals surface area contributed by atoms with Gasteiger partial charge in [0.2, 0.25) is 0 Å². The van der Waals surface area contributed by atoms with Gasteiger partial charge in [-0.2, -0.15) is 5.10 Å². The van der Waals surface area contributed by atoms with Crippen molar-refractivity contribution < 1.29 is 13.9 Å². The van der Waals surface area contributed by atoms with Crippen molar-refractivity contribution in [1.82, 2.24) is 9.78 Å². The molecule has 0 saturated heterocycles. The first-order valence-electron chi connectivity index (χ1n) is 9.51. The third-order valence-electron chi connectivity index (χ3n) is 4.49. The highest BCUT2D eigenvalue weighted by atomic mass is 19.1. The van der Waals surface area contributed by atoms with Crippen LogP contribution in [-0.2, 0) is 13.2 Å². The van der Waals surface area contributed by atoms with Crippen LogP contribution in [0, 0.1) is 5.82 Å². The maximum absolute atomic E-state index is 13.0. The van der Waals surface area contributed by atoms with Crippen molar-refractivity contribution in [3.8, 4) is 5.75 Å². The molecule has 0 aliphatic rings. The predicted octanol–water partition coefficient (Wildman–Crippen LogP) is 4.90. The van der Waals surface area contributed by atoms with Gasteiger partial charge in [0.1, 0.15) is 18.2 Å². The summed E-state index contributed by atoms with van der Waals surface area (Å²) in [6.45, 7) is 0.908. The van der Waals surface area contributed by atoms with E-state index in [1.165, 1.54) is 12.1 Å². The summed E-state index contributed by atoms with van der Waals surface area (Å²) in [5, 5.41) is 7.12. The van der Waals surface area contributed by atoms with E-state index in [9.17, 15) is 9.18 Å². The van der Waals surface area contributed by atoms with Gasteiger partial charge in [0.15, 0.2) is 0 Å². The number of hydrogen-bond donors (Lipinski definition) is 1. The fourth-order valence-corrected chi connectivity index (χ4v) is 2.95. The number of amides is 1. The summed E-state index contributed by atoms with van der Waals surface area (Å²) in [6.07, 6.45) is 3.27. The summed E-state index contributed by atoms with van der Waals surface area (Å²) < 4.78 is 20.5. The van der Waals surface area contributed by atoms with E-state index >= 15 is 0 Å². The first kappa shape index (κ1) is 19.4. The number of aromatic nitrogens is 2. The Morgan fingerprint density at radius 2 is 1.77 bits per heavy atom. The molecule has 30 heavy (non-hydrogen) atoms. The minimum Gasteiger partial charge on any atom is -0.489 e. The summed E-state index contributed by atoms with van der Waals surface area (Å²) >= 11 is 0. The number of anilines is 1. The minimum absolute atomic E-state index is 0.245. The number of ether oxygens (including phenoxy) is 1. The molecular weight excluding hydrogens is 381 g/mol. The summed E-state index contributed by atoms with van der Waals surface area (Å²) in [5.41, 5.74) is 3.06. The van der Waals surface area contributed by atoms with Crippen molar-refractivity contribution in [2.45, 2.75) is 13.2 Å². The molecule has 3 aromatic carbocycles. The van der Waals surface area contributed by atoms with E-state index in [0.29, 0.717) is 30.2 Å². The van der Waals surface area contributed by atoms with Gasteiger partial charge in [0, 0.05) is 18.0 Å². The Kier molecular flexibility index (Phi) is 5.85. The Balaban J connectivity index is 1.36. The highest BCUT2D eigenvalue weighted by Crippen LogP contribution is 2.19. The number of nitrogens with zero attached hydrogens (tertiary/aromatic N) is 2. The van der Waals surface area contributed by atoms with Gasteiger partial charge >= 0.3 is 0 Å². The molecule has 4 aromatic rings. The smallest absolute Gasteiger partial charge is 0.258 e. The fraction of sp³-hybridized carbons (Fsp3) is 0.0833. The van der Waals surface area contributed by atoms with Gasteiger partial charge < -0.3 is 10.1 Å². The number of hydrogen-bond acceptors (Lipinski definition) is 3. The lowest BCUT2D eigenvalue weighted by molar-refractivity contribution is 0.102. The first-order chi connectivity index (χ1) is 14.7. The van der Waals surface area contributed by atoms with Crippen molar-refractivity contribution in [1.29, 1.82) is 0 Å². The molecule has 0 saturated carbocycles. The van der Waals surface area contributed by atoms with Crippen LogP contribution >= 0.6 is 0 Å². The molecule has 0 aliphatic carbocycles. The topological polar surface area (TPSA) is 56.1 Å². The van der Waals surface area contributed by atoms with Gasteiger partial charge in [0.25, 0.3) is 5.91 Å². The second-order valence-corrected chi connectivity index (χ2v) is 6.81. The molecule has 5 nitrogen and oxygen atoms in total. The number of rotatable bonds is 7. The molecule has 4 rings (SSSR count). The van der Waals surface area contributed by atoms with Crippen LogP contribution in [0.25, 0.3) is 0 Å². The molecule has 150 valence electrons. The second kappa shape index (κ2) is 9.05. The number of benzene rings is 3. The molecule has 0 fully saturated rings. The Bertz CT molecular complexity index is 1120. The van der Waals surface area contributed by atoms with Gasteiger partial charge in [-0.3, -0.25) is 9.48 Å². The highest BCUT2D eigenvalue weighted by Gasteiger charge is 2.10. The zero-order valence-corrected chi connectivity index (χ0v) is 16.2. The number of nitrogens with one attached hydrogen (secondary N) is 1. The third-order valence-corrected chi connectivity index (χ3v) is 4.49. The Hall–Kier alpha value is -3.93. The summed E-state index contributed by atoms with van der Waals surface area (Å²) in [6, 6.07) is 23.2. The normalized spacial score (nSPS) is 10.6. The SMILES string of the molecule is O=C(Nc1cccc(OCc2ccc(F)cc2)c1)c1cnn(Cc2ccccc2)c1. The summed E-state index contributed by atoms with van der Waals surface area (Å²) in [7, 11) is 0. The Labute approximate surface area is 173 Å². The molecular formula is C24H20FN3O2. The van der Waals surface area contributed by atoms with Crippen molar-refractivity contribution in [2.24, 2.45) is 0 Å². The van der Waals surface area contributed by atoms with E-state index < -0.39 is 0 Å². The van der Waals surface area contributed by atoms with Crippen molar-refractivity contribution >= 4 is 11.6 Å². The molecule has 1 heterocycles. The summed E-state index contributed by atoms with van der Waals surface area (Å²) in [5.74, 6) is 0.0810. The van der Waals surface area contributed by atoms with Crippen molar-refractivity contribution in [3.63, 3.8) is 0 Å². The number of carbonyl (C=O) groups excluding carboxylic acids is 1. The molecule has 0 radical (unpaired) electrons. The lowest BCUT2D eigenvalue weighted by Crippen LogP contribution is -2.11. The number of carbonyl (C=O) groups is 1. The van der Waals surface area contributed by atoms with Crippen LogP contribution in [0.4, 0.5) is 10.1 Å².